The monoisotopic (exact) mass is 319 g/mol. The smallest absolute Gasteiger partial charge is 0.345 e. The highest BCUT2D eigenvalue weighted by molar-refractivity contribution is 5.91. The first-order chi connectivity index (χ1) is 10.0. The molecule has 0 aliphatic heterocycles. The van der Waals surface area contributed by atoms with Gasteiger partial charge in [-0.25, -0.2) is 4.79 Å². The molecule has 2 aromatic rings. The first-order valence-corrected chi connectivity index (χ1v) is 7.25. The van der Waals surface area contributed by atoms with Gasteiger partial charge in [0.2, 0.25) is 0 Å². The fraction of sp³-hybridized carbons (Fsp3) is 0.333. The van der Waals surface area contributed by atoms with Crippen LogP contribution in [-0.2, 0) is 0 Å². The van der Waals surface area contributed by atoms with Crippen LogP contribution in [0.5, 0.6) is 5.75 Å². The van der Waals surface area contributed by atoms with Crippen molar-refractivity contribution in [1.82, 2.24) is 4.98 Å². The van der Waals surface area contributed by atoms with Crippen LogP contribution in [0.3, 0.4) is 0 Å². The second-order valence-electron chi connectivity index (χ2n) is 5.71. The Morgan fingerprint density at radius 1 is 1.00 bits per heavy atom. The lowest BCUT2D eigenvalue weighted by Crippen LogP contribution is -2.12. The van der Waals surface area contributed by atoms with Crippen LogP contribution in [0.2, 0.25) is 0 Å². The van der Waals surface area contributed by atoms with Gasteiger partial charge in [-0.3, -0.25) is 4.98 Å². The van der Waals surface area contributed by atoms with Gasteiger partial charge in [0.25, 0.3) is 0 Å². The molecule has 1 aromatic carbocycles. The molecule has 2 rings (SSSR count). The number of rotatable bonds is 4. The molecule has 0 radical (unpaired) electrons. The lowest BCUT2D eigenvalue weighted by atomic mass is 9.94. The molecule has 22 heavy (non-hydrogen) atoms. The molecular formula is C18H22ClNO2. The standard InChI is InChI=1S/C18H21NO2.ClH/c1-12(2)15-8-5-9-16(13(3)4)17(15)21-18(20)14-7-6-10-19-11-14;/h5-13H,1-4H3;1H. The molecular weight excluding hydrogens is 298 g/mol. The Labute approximate surface area is 138 Å². The highest BCUT2D eigenvalue weighted by atomic mass is 35.5. The highest BCUT2D eigenvalue weighted by Crippen LogP contribution is 2.34. The number of hydrogen-bond donors (Lipinski definition) is 0. The maximum Gasteiger partial charge on any atom is 0.345 e. The second-order valence-corrected chi connectivity index (χ2v) is 5.71. The zero-order valence-corrected chi connectivity index (χ0v) is 14.2. The van der Waals surface area contributed by atoms with Crippen molar-refractivity contribution in [2.24, 2.45) is 0 Å². The summed E-state index contributed by atoms with van der Waals surface area (Å²) in [6, 6.07) is 9.49. The maximum atomic E-state index is 12.3. The predicted molar refractivity (Wildman–Crippen MR) is 91.1 cm³/mol. The molecule has 0 amide bonds. The molecule has 0 atom stereocenters. The minimum Gasteiger partial charge on any atom is -0.422 e. The summed E-state index contributed by atoms with van der Waals surface area (Å²) in [7, 11) is 0. The van der Waals surface area contributed by atoms with E-state index in [2.05, 4.69) is 32.7 Å². The SMILES string of the molecule is CC(C)c1cccc(C(C)C)c1OC(=O)c1cccnc1.Cl. The summed E-state index contributed by atoms with van der Waals surface area (Å²) >= 11 is 0. The Kier molecular flexibility index (Phi) is 6.57. The van der Waals surface area contributed by atoms with Gasteiger partial charge in [-0.05, 0) is 35.1 Å². The average Bonchev–Trinajstić information content (AvgIpc) is 2.47. The minimum absolute atomic E-state index is 0. The van der Waals surface area contributed by atoms with E-state index in [0.717, 1.165) is 11.1 Å². The van der Waals surface area contributed by atoms with Gasteiger partial charge in [0.05, 0.1) is 5.56 Å². The molecule has 0 N–H and O–H groups in total. The van der Waals surface area contributed by atoms with Gasteiger partial charge in [-0.15, -0.1) is 12.4 Å². The fourth-order valence-corrected chi connectivity index (χ4v) is 2.24. The van der Waals surface area contributed by atoms with Gasteiger partial charge >= 0.3 is 5.97 Å². The lowest BCUT2D eigenvalue weighted by molar-refractivity contribution is 0.0730. The number of hydrogen-bond acceptors (Lipinski definition) is 3. The number of aromatic nitrogens is 1. The second kappa shape index (κ2) is 7.95. The summed E-state index contributed by atoms with van der Waals surface area (Å²) in [6.45, 7) is 8.39. The van der Waals surface area contributed by atoms with E-state index in [4.69, 9.17) is 4.74 Å². The Balaban J connectivity index is 0.00000242. The van der Waals surface area contributed by atoms with Crippen molar-refractivity contribution in [2.45, 2.75) is 39.5 Å². The largest absolute Gasteiger partial charge is 0.422 e. The van der Waals surface area contributed by atoms with Gasteiger partial charge in [0.1, 0.15) is 5.75 Å². The van der Waals surface area contributed by atoms with E-state index < -0.39 is 0 Å². The molecule has 0 aliphatic carbocycles. The lowest BCUT2D eigenvalue weighted by Gasteiger charge is -2.18. The molecule has 0 saturated heterocycles. The van der Waals surface area contributed by atoms with Crippen molar-refractivity contribution in [3.05, 3.63) is 59.4 Å². The zero-order chi connectivity index (χ0) is 15.4. The summed E-state index contributed by atoms with van der Waals surface area (Å²) < 4.78 is 5.71. The summed E-state index contributed by atoms with van der Waals surface area (Å²) in [5.74, 6) is 0.912. The average molecular weight is 320 g/mol. The topological polar surface area (TPSA) is 39.2 Å². The number of ether oxygens (including phenoxy) is 1. The van der Waals surface area contributed by atoms with E-state index in [1.165, 1.54) is 6.20 Å². The van der Waals surface area contributed by atoms with Crippen molar-refractivity contribution in [1.29, 1.82) is 0 Å². The molecule has 1 heterocycles. The van der Waals surface area contributed by atoms with Crippen molar-refractivity contribution in [2.75, 3.05) is 0 Å². The molecule has 0 saturated carbocycles. The molecule has 3 nitrogen and oxygen atoms in total. The highest BCUT2D eigenvalue weighted by Gasteiger charge is 2.18. The van der Waals surface area contributed by atoms with E-state index in [1.807, 2.05) is 18.2 Å². The third-order valence-electron chi connectivity index (χ3n) is 3.41. The Hall–Kier alpha value is -1.87. The molecule has 118 valence electrons. The van der Waals surface area contributed by atoms with Crippen LogP contribution < -0.4 is 4.74 Å². The van der Waals surface area contributed by atoms with Gasteiger partial charge in [-0.1, -0.05) is 45.9 Å². The third kappa shape index (κ3) is 4.08. The van der Waals surface area contributed by atoms with E-state index in [9.17, 15) is 4.79 Å². The van der Waals surface area contributed by atoms with Crippen molar-refractivity contribution in [3.8, 4) is 5.75 Å². The third-order valence-corrected chi connectivity index (χ3v) is 3.41. The Bertz CT molecular complexity index is 598. The van der Waals surface area contributed by atoms with E-state index in [-0.39, 0.29) is 18.4 Å². The van der Waals surface area contributed by atoms with Crippen molar-refractivity contribution < 1.29 is 9.53 Å². The van der Waals surface area contributed by atoms with Crippen LogP contribution in [0, 0.1) is 0 Å². The maximum absolute atomic E-state index is 12.3. The number of carbonyl (C=O) groups excluding carboxylic acids is 1. The normalized spacial score (nSPS) is 10.5. The molecule has 0 fully saturated rings. The van der Waals surface area contributed by atoms with Crippen LogP contribution in [0.4, 0.5) is 0 Å². The quantitative estimate of drug-likeness (QED) is 0.590. The van der Waals surface area contributed by atoms with Gasteiger partial charge in [0.15, 0.2) is 0 Å². The number of para-hydroxylation sites is 1. The molecule has 0 spiro atoms. The number of pyridine rings is 1. The molecule has 4 heteroatoms. The number of carbonyl (C=O) groups is 1. The van der Waals surface area contributed by atoms with Crippen molar-refractivity contribution in [3.63, 3.8) is 0 Å². The van der Waals surface area contributed by atoms with Crippen molar-refractivity contribution >= 4 is 18.4 Å². The van der Waals surface area contributed by atoms with E-state index in [1.54, 1.807) is 18.3 Å². The summed E-state index contributed by atoms with van der Waals surface area (Å²) in [6.07, 6.45) is 3.16. The van der Waals surface area contributed by atoms with Crippen LogP contribution in [0.15, 0.2) is 42.7 Å². The van der Waals surface area contributed by atoms with Crippen LogP contribution in [0.25, 0.3) is 0 Å². The van der Waals surface area contributed by atoms with Crippen LogP contribution >= 0.6 is 12.4 Å². The van der Waals surface area contributed by atoms with Gasteiger partial charge < -0.3 is 4.74 Å². The fourth-order valence-electron chi connectivity index (χ4n) is 2.24. The van der Waals surface area contributed by atoms with Gasteiger partial charge in [-0.2, -0.15) is 0 Å². The number of esters is 1. The number of nitrogens with zero attached hydrogens (tertiary/aromatic N) is 1. The van der Waals surface area contributed by atoms with Gasteiger partial charge in [0, 0.05) is 12.4 Å². The summed E-state index contributed by atoms with van der Waals surface area (Å²) in [5.41, 5.74) is 2.57. The molecule has 1 aromatic heterocycles. The summed E-state index contributed by atoms with van der Waals surface area (Å²) in [4.78, 5) is 16.3. The van der Waals surface area contributed by atoms with E-state index in [0.29, 0.717) is 23.1 Å². The summed E-state index contributed by atoms with van der Waals surface area (Å²) in [5, 5.41) is 0. The minimum atomic E-state index is -0.363. The zero-order valence-electron chi connectivity index (χ0n) is 13.4. The predicted octanol–water partition coefficient (Wildman–Crippen LogP) is 4.97. The first-order valence-electron chi connectivity index (χ1n) is 7.25. The number of benzene rings is 1. The van der Waals surface area contributed by atoms with Crippen LogP contribution in [0.1, 0.15) is 61.0 Å². The Morgan fingerprint density at radius 3 is 2.05 bits per heavy atom. The number of halogens is 1. The molecule has 0 unspecified atom stereocenters. The first kappa shape index (κ1) is 18.2. The molecule has 0 aliphatic rings. The Morgan fingerprint density at radius 2 is 1.59 bits per heavy atom. The van der Waals surface area contributed by atoms with Crippen LogP contribution in [-0.4, -0.2) is 11.0 Å². The van der Waals surface area contributed by atoms with E-state index >= 15 is 0 Å². The molecule has 0 bridgehead atoms.